The lowest BCUT2D eigenvalue weighted by Gasteiger charge is -2.13. The Balaban J connectivity index is 1.83. The van der Waals surface area contributed by atoms with Gasteiger partial charge in [0.2, 0.25) is 0 Å². The Hall–Kier alpha value is -3.41. The summed E-state index contributed by atoms with van der Waals surface area (Å²) in [5.74, 6) is 7.56. The molecular weight excluding hydrogens is 421 g/mol. The lowest BCUT2D eigenvalue weighted by Crippen LogP contribution is -2.23. The molecule has 0 saturated carbocycles. The monoisotopic (exact) mass is 443 g/mol. The molecule has 0 radical (unpaired) electrons. The van der Waals surface area contributed by atoms with E-state index >= 15 is 0 Å². The number of aliphatic hydroxyl groups excluding tert-OH is 1. The molecular formula is C20H22FN7O2S. The van der Waals surface area contributed by atoms with Crippen molar-refractivity contribution in [2.45, 2.75) is 11.3 Å². The fourth-order valence-corrected chi connectivity index (χ4v) is 3.26. The number of amidine groups is 1. The number of nitrogens with one attached hydrogen (secondary N) is 2. The molecule has 0 amide bonds. The van der Waals surface area contributed by atoms with Crippen molar-refractivity contribution < 1.29 is 14.2 Å². The standard InChI is InChI=1S/C20H22FN7O2S/c21-14-3-5-15(6-4-14)30-17-10-16(31-9-1-8-29)12-25-20(17)26-18-7-2-13(11-24-18)19(22)27-28-23/h2-7,10-12,28-29H,1,8-9,23H2,(H2,22,27)(H,24,25,26). The largest absolute Gasteiger partial charge is 0.453 e. The number of pyridine rings is 2. The van der Waals surface area contributed by atoms with E-state index in [2.05, 4.69) is 25.9 Å². The molecule has 0 fully saturated rings. The SMILES string of the molecule is NN/N=C(\N)c1ccc(Nc2ncc(SCCCO)cc2Oc2ccc(F)cc2)nc1. The Morgan fingerprint density at radius 3 is 2.65 bits per heavy atom. The number of rotatable bonds is 10. The number of aliphatic hydroxyl groups is 1. The Morgan fingerprint density at radius 1 is 1.16 bits per heavy atom. The summed E-state index contributed by atoms with van der Waals surface area (Å²) in [5.41, 5.74) is 8.49. The van der Waals surface area contributed by atoms with Crippen molar-refractivity contribution in [2.24, 2.45) is 16.7 Å². The van der Waals surface area contributed by atoms with Gasteiger partial charge in [-0.2, -0.15) is 0 Å². The van der Waals surface area contributed by atoms with E-state index in [1.165, 1.54) is 30.5 Å². The molecule has 0 aliphatic heterocycles. The number of nitrogens with two attached hydrogens (primary N) is 2. The van der Waals surface area contributed by atoms with E-state index in [9.17, 15) is 4.39 Å². The molecule has 0 saturated heterocycles. The van der Waals surface area contributed by atoms with E-state index in [-0.39, 0.29) is 18.3 Å². The number of halogens is 1. The van der Waals surface area contributed by atoms with Gasteiger partial charge in [0.15, 0.2) is 17.4 Å². The predicted molar refractivity (Wildman–Crippen MR) is 119 cm³/mol. The summed E-state index contributed by atoms with van der Waals surface area (Å²) in [7, 11) is 0. The summed E-state index contributed by atoms with van der Waals surface area (Å²) in [6.07, 6.45) is 3.91. The Labute approximate surface area is 182 Å². The molecule has 1 aromatic carbocycles. The quantitative estimate of drug-likeness (QED) is 0.0797. The summed E-state index contributed by atoms with van der Waals surface area (Å²) >= 11 is 1.55. The third kappa shape index (κ3) is 6.54. The molecule has 31 heavy (non-hydrogen) atoms. The number of ether oxygens (including phenoxy) is 1. The van der Waals surface area contributed by atoms with Crippen LogP contribution in [0.4, 0.5) is 16.0 Å². The molecule has 3 aromatic rings. The molecule has 11 heteroatoms. The summed E-state index contributed by atoms with van der Waals surface area (Å²) in [6, 6.07) is 11.0. The van der Waals surface area contributed by atoms with Crippen LogP contribution in [0.3, 0.4) is 0 Å². The van der Waals surface area contributed by atoms with Crippen LogP contribution in [0.25, 0.3) is 0 Å². The smallest absolute Gasteiger partial charge is 0.175 e. The van der Waals surface area contributed by atoms with Crippen LogP contribution in [0.5, 0.6) is 11.5 Å². The van der Waals surface area contributed by atoms with Crippen molar-refractivity contribution in [3.8, 4) is 11.5 Å². The van der Waals surface area contributed by atoms with Crippen LogP contribution in [-0.4, -0.2) is 33.3 Å². The molecule has 0 atom stereocenters. The number of thioether (sulfide) groups is 1. The average Bonchev–Trinajstić information content (AvgIpc) is 2.78. The van der Waals surface area contributed by atoms with E-state index < -0.39 is 0 Å². The van der Waals surface area contributed by atoms with Gasteiger partial charge in [0, 0.05) is 35.2 Å². The maximum absolute atomic E-state index is 13.2. The summed E-state index contributed by atoms with van der Waals surface area (Å²) in [6.45, 7) is 0.122. The summed E-state index contributed by atoms with van der Waals surface area (Å²) in [4.78, 5) is 9.62. The van der Waals surface area contributed by atoms with Crippen LogP contribution in [0.15, 0.2) is 64.9 Å². The molecule has 162 valence electrons. The van der Waals surface area contributed by atoms with Crippen LogP contribution in [-0.2, 0) is 0 Å². The van der Waals surface area contributed by atoms with E-state index in [0.29, 0.717) is 35.1 Å². The van der Waals surface area contributed by atoms with Gasteiger partial charge in [-0.15, -0.1) is 16.9 Å². The van der Waals surface area contributed by atoms with Gasteiger partial charge in [0.05, 0.1) is 0 Å². The number of nitrogens with zero attached hydrogens (tertiary/aromatic N) is 3. The van der Waals surface area contributed by atoms with Gasteiger partial charge in [-0.05, 0) is 48.9 Å². The Kier molecular flexibility index (Phi) is 7.98. The second-order valence-electron chi connectivity index (χ2n) is 6.18. The minimum absolute atomic E-state index is 0.122. The zero-order valence-corrected chi connectivity index (χ0v) is 17.3. The molecule has 9 nitrogen and oxygen atoms in total. The summed E-state index contributed by atoms with van der Waals surface area (Å²) in [5, 5.41) is 15.8. The van der Waals surface area contributed by atoms with Crippen molar-refractivity contribution in [3.63, 3.8) is 0 Å². The topological polar surface area (TPSA) is 144 Å². The molecule has 0 spiro atoms. The third-order valence-corrected chi connectivity index (χ3v) is 4.98. The molecule has 0 bridgehead atoms. The first kappa shape index (κ1) is 22.3. The van der Waals surface area contributed by atoms with E-state index in [1.807, 2.05) is 6.07 Å². The maximum atomic E-state index is 13.2. The Morgan fingerprint density at radius 2 is 1.97 bits per heavy atom. The highest BCUT2D eigenvalue weighted by molar-refractivity contribution is 7.99. The van der Waals surface area contributed by atoms with Gasteiger partial charge >= 0.3 is 0 Å². The second kappa shape index (κ2) is 11.1. The number of aromatic nitrogens is 2. The van der Waals surface area contributed by atoms with Crippen LogP contribution in [0, 0.1) is 5.82 Å². The first-order valence-electron chi connectivity index (χ1n) is 9.28. The van der Waals surface area contributed by atoms with Crippen molar-refractivity contribution >= 4 is 29.2 Å². The fourth-order valence-electron chi connectivity index (χ4n) is 2.44. The fraction of sp³-hybridized carbons (Fsp3) is 0.150. The van der Waals surface area contributed by atoms with E-state index in [4.69, 9.17) is 21.4 Å². The summed E-state index contributed by atoms with van der Waals surface area (Å²) < 4.78 is 19.2. The molecule has 2 aromatic heterocycles. The minimum Gasteiger partial charge on any atom is -0.453 e. The number of hydrazine groups is 1. The van der Waals surface area contributed by atoms with E-state index in [0.717, 1.165) is 10.6 Å². The van der Waals surface area contributed by atoms with Crippen LogP contribution in [0.1, 0.15) is 12.0 Å². The normalized spacial score (nSPS) is 11.3. The Bertz CT molecular complexity index is 1020. The maximum Gasteiger partial charge on any atom is 0.175 e. The van der Waals surface area contributed by atoms with E-state index in [1.54, 1.807) is 30.1 Å². The second-order valence-corrected chi connectivity index (χ2v) is 7.35. The highest BCUT2D eigenvalue weighted by Crippen LogP contribution is 2.33. The lowest BCUT2D eigenvalue weighted by molar-refractivity contribution is 0.296. The average molecular weight is 444 g/mol. The van der Waals surface area contributed by atoms with Crippen LogP contribution < -0.4 is 27.2 Å². The molecule has 0 aliphatic carbocycles. The molecule has 7 N–H and O–H groups in total. The molecule has 0 aliphatic rings. The number of hydrazone groups is 1. The number of anilines is 2. The zero-order chi connectivity index (χ0) is 22.1. The van der Waals surface area contributed by atoms with Crippen LogP contribution >= 0.6 is 11.8 Å². The van der Waals surface area contributed by atoms with Gasteiger partial charge in [0.1, 0.15) is 17.4 Å². The van der Waals surface area contributed by atoms with Gasteiger partial charge in [0.25, 0.3) is 0 Å². The highest BCUT2D eigenvalue weighted by Gasteiger charge is 2.11. The molecule has 0 unspecified atom stereocenters. The van der Waals surface area contributed by atoms with Crippen LogP contribution in [0.2, 0.25) is 0 Å². The van der Waals surface area contributed by atoms with Gasteiger partial charge in [-0.3, -0.25) is 0 Å². The van der Waals surface area contributed by atoms with Crippen molar-refractivity contribution in [1.82, 2.24) is 15.5 Å². The zero-order valence-electron chi connectivity index (χ0n) is 16.5. The first-order valence-corrected chi connectivity index (χ1v) is 10.3. The lowest BCUT2D eigenvalue weighted by atomic mass is 10.2. The number of hydrogen-bond acceptors (Lipinski definition) is 9. The van der Waals surface area contributed by atoms with Gasteiger partial charge < -0.3 is 20.9 Å². The third-order valence-electron chi connectivity index (χ3n) is 3.93. The van der Waals surface area contributed by atoms with Crippen molar-refractivity contribution in [3.05, 3.63) is 66.2 Å². The van der Waals surface area contributed by atoms with Gasteiger partial charge in [-0.25, -0.2) is 25.7 Å². The highest BCUT2D eigenvalue weighted by atomic mass is 32.2. The predicted octanol–water partition coefficient (Wildman–Crippen LogP) is 2.71. The molecule has 2 heterocycles. The van der Waals surface area contributed by atoms with Gasteiger partial charge in [-0.1, -0.05) is 0 Å². The number of hydrogen-bond donors (Lipinski definition) is 5. The molecule has 3 rings (SSSR count). The van der Waals surface area contributed by atoms with Crippen molar-refractivity contribution in [1.29, 1.82) is 0 Å². The first-order chi connectivity index (χ1) is 15.1. The minimum atomic E-state index is -0.353. The number of benzene rings is 1. The van der Waals surface area contributed by atoms with Crippen molar-refractivity contribution in [2.75, 3.05) is 17.7 Å².